The van der Waals surface area contributed by atoms with E-state index in [1.165, 1.54) is 49.4 Å². The Morgan fingerprint density at radius 3 is 2.31 bits per heavy atom. The first-order valence-electron chi connectivity index (χ1n) is 11.7. The number of benzene rings is 2. The number of piperazine rings is 1. The third kappa shape index (κ3) is 4.60. The molecule has 1 saturated carbocycles. The van der Waals surface area contributed by atoms with Crippen LogP contribution < -0.4 is 10.3 Å². The van der Waals surface area contributed by atoms with Crippen LogP contribution in [0.15, 0.2) is 53.5 Å². The zero-order valence-corrected chi connectivity index (χ0v) is 19.3. The molecule has 2 aromatic carbocycles. The van der Waals surface area contributed by atoms with E-state index in [2.05, 4.69) is 0 Å². The number of hydrogen-bond acceptors (Lipinski definition) is 4. The zero-order valence-electron chi connectivity index (χ0n) is 19.3. The molecule has 35 heavy (non-hydrogen) atoms. The first-order valence-corrected chi connectivity index (χ1v) is 11.7. The second-order valence-corrected chi connectivity index (χ2v) is 9.07. The first-order chi connectivity index (χ1) is 16.8. The summed E-state index contributed by atoms with van der Waals surface area (Å²) in [4.78, 5) is 41.4. The van der Waals surface area contributed by atoms with Crippen molar-refractivity contribution in [1.29, 1.82) is 0 Å². The quantitative estimate of drug-likeness (QED) is 0.409. The summed E-state index contributed by atoms with van der Waals surface area (Å²) in [5.41, 5.74) is 1.08. The van der Waals surface area contributed by atoms with Crippen LogP contribution in [0.1, 0.15) is 41.7 Å². The topological polar surface area (TPSA) is 62.6 Å². The molecule has 6 nitrogen and oxygen atoms in total. The smallest absolute Gasteiger partial charge is 0.219 e. The minimum atomic E-state index is -0.528. The van der Waals surface area contributed by atoms with E-state index in [4.69, 9.17) is 0 Å². The van der Waals surface area contributed by atoms with E-state index < -0.39 is 17.0 Å². The molecule has 1 aromatic heterocycles. The van der Waals surface area contributed by atoms with E-state index in [0.29, 0.717) is 42.9 Å². The van der Waals surface area contributed by atoms with E-state index in [-0.39, 0.29) is 28.7 Å². The monoisotopic (exact) mass is 477 g/mol. The molecule has 2 heterocycles. The highest BCUT2D eigenvalue weighted by atomic mass is 19.1. The van der Waals surface area contributed by atoms with Crippen molar-refractivity contribution in [3.05, 3.63) is 81.7 Å². The number of carbonyl (C=O) groups excluding carboxylic acids is 2. The van der Waals surface area contributed by atoms with Gasteiger partial charge >= 0.3 is 0 Å². The van der Waals surface area contributed by atoms with Gasteiger partial charge in [0.2, 0.25) is 11.3 Å². The molecule has 1 amide bonds. The van der Waals surface area contributed by atoms with Crippen molar-refractivity contribution in [3.8, 4) is 0 Å². The zero-order chi connectivity index (χ0) is 24.7. The summed E-state index contributed by atoms with van der Waals surface area (Å²) in [6.07, 6.45) is 6.22. The fraction of sp³-hybridized carbons (Fsp3) is 0.296. The number of anilines is 1. The van der Waals surface area contributed by atoms with E-state index >= 15 is 4.39 Å². The van der Waals surface area contributed by atoms with Crippen molar-refractivity contribution < 1.29 is 18.4 Å². The van der Waals surface area contributed by atoms with Gasteiger partial charge in [-0.1, -0.05) is 18.2 Å². The van der Waals surface area contributed by atoms with Gasteiger partial charge in [0.1, 0.15) is 11.6 Å². The Hall–Kier alpha value is -3.81. The minimum absolute atomic E-state index is 0.00289. The molecule has 2 aliphatic rings. The van der Waals surface area contributed by atoms with E-state index in [1.807, 2.05) is 9.47 Å². The van der Waals surface area contributed by atoms with Gasteiger partial charge in [-0.25, -0.2) is 8.78 Å². The van der Waals surface area contributed by atoms with Crippen LogP contribution in [0, 0.1) is 11.6 Å². The first kappa shape index (κ1) is 23.0. The highest BCUT2D eigenvalue weighted by Gasteiger charge is 2.28. The Balaban J connectivity index is 1.51. The van der Waals surface area contributed by atoms with Crippen molar-refractivity contribution >= 4 is 34.4 Å². The lowest BCUT2D eigenvalue weighted by Gasteiger charge is -2.36. The summed E-state index contributed by atoms with van der Waals surface area (Å²) in [6.45, 7) is 3.54. The van der Waals surface area contributed by atoms with Crippen molar-refractivity contribution in [2.24, 2.45) is 0 Å². The van der Waals surface area contributed by atoms with Crippen molar-refractivity contribution in [2.75, 3.05) is 31.1 Å². The maximum atomic E-state index is 15.2. The summed E-state index contributed by atoms with van der Waals surface area (Å²) in [5.74, 6) is -1.39. The number of rotatable bonds is 5. The second-order valence-electron chi connectivity index (χ2n) is 9.07. The highest BCUT2D eigenvalue weighted by molar-refractivity contribution is 6.08. The Kier molecular flexibility index (Phi) is 5.96. The Labute approximate surface area is 201 Å². The molecular weight excluding hydrogens is 452 g/mol. The van der Waals surface area contributed by atoms with Gasteiger partial charge in [-0.05, 0) is 48.7 Å². The lowest BCUT2D eigenvalue weighted by Crippen LogP contribution is -2.48. The van der Waals surface area contributed by atoms with Crippen LogP contribution in [-0.4, -0.2) is 47.3 Å². The molecule has 0 atom stereocenters. The van der Waals surface area contributed by atoms with Gasteiger partial charge in [0.15, 0.2) is 5.78 Å². The van der Waals surface area contributed by atoms with E-state index in [0.717, 1.165) is 12.8 Å². The lowest BCUT2D eigenvalue weighted by molar-refractivity contribution is -0.129. The van der Waals surface area contributed by atoms with Crippen LogP contribution in [0.5, 0.6) is 0 Å². The molecule has 3 aromatic rings. The normalized spacial score (nSPS) is 16.3. The number of pyridine rings is 1. The van der Waals surface area contributed by atoms with Crippen LogP contribution in [0.3, 0.4) is 0 Å². The number of allylic oxidation sites excluding steroid dienone is 1. The summed E-state index contributed by atoms with van der Waals surface area (Å²) >= 11 is 0. The molecule has 1 aliphatic carbocycles. The van der Waals surface area contributed by atoms with Crippen molar-refractivity contribution in [2.45, 2.75) is 25.8 Å². The second kappa shape index (κ2) is 9.09. The number of fused-ring (bicyclic) bond motifs is 1. The number of halogens is 2. The lowest BCUT2D eigenvalue weighted by atomic mass is 10.1. The minimum Gasteiger partial charge on any atom is -0.366 e. The summed E-state index contributed by atoms with van der Waals surface area (Å²) in [5, 5.41) is 0.168. The highest BCUT2D eigenvalue weighted by Crippen LogP contribution is 2.38. The Bertz CT molecular complexity index is 1400. The predicted molar refractivity (Wildman–Crippen MR) is 131 cm³/mol. The molecule has 8 heteroatoms. The number of nitrogens with zero attached hydrogens (tertiary/aromatic N) is 3. The molecule has 0 N–H and O–H groups in total. The fourth-order valence-corrected chi connectivity index (χ4v) is 4.53. The third-order valence-electron chi connectivity index (χ3n) is 6.67. The van der Waals surface area contributed by atoms with Crippen LogP contribution >= 0.6 is 0 Å². The molecule has 2 fully saturated rings. The average Bonchev–Trinajstić information content (AvgIpc) is 3.69. The standard InChI is InChI=1S/C27H25F2N3O3/c1-17(33)30-10-12-31(13-11-30)25-15-24-21(14-23(25)29)27(35)22(16-32(24)20-7-8-20)26(34)9-4-18-2-5-19(28)6-3-18/h2-6,9,14-16,20H,7-8,10-13H2,1H3/b9-4+. The molecule has 0 unspecified atom stereocenters. The van der Waals surface area contributed by atoms with Crippen LogP contribution in [-0.2, 0) is 4.79 Å². The molecule has 1 saturated heterocycles. The maximum Gasteiger partial charge on any atom is 0.219 e. The molecule has 0 bridgehead atoms. The van der Waals surface area contributed by atoms with E-state index in [1.54, 1.807) is 17.2 Å². The van der Waals surface area contributed by atoms with Crippen molar-refractivity contribution in [3.63, 3.8) is 0 Å². The van der Waals surface area contributed by atoms with Gasteiger partial charge in [-0.15, -0.1) is 0 Å². The molecule has 180 valence electrons. The molecule has 5 rings (SSSR count). The number of carbonyl (C=O) groups is 2. The number of hydrogen-bond donors (Lipinski definition) is 0. The van der Waals surface area contributed by atoms with Gasteiger partial charge in [0.25, 0.3) is 0 Å². The summed E-state index contributed by atoms with van der Waals surface area (Å²) < 4.78 is 30.3. The van der Waals surface area contributed by atoms with Gasteiger partial charge in [0.05, 0.1) is 16.8 Å². The summed E-state index contributed by atoms with van der Waals surface area (Å²) in [7, 11) is 0. The molecule has 0 radical (unpaired) electrons. The van der Waals surface area contributed by atoms with Crippen LogP contribution in [0.4, 0.5) is 14.5 Å². The van der Waals surface area contributed by atoms with Gasteiger partial charge < -0.3 is 14.4 Å². The van der Waals surface area contributed by atoms with Gasteiger partial charge in [0, 0.05) is 50.7 Å². The number of aromatic nitrogens is 1. The predicted octanol–water partition coefficient (Wildman–Crippen LogP) is 4.18. The summed E-state index contributed by atoms with van der Waals surface area (Å²) in [6, 6.07) is 8.73. The largest absolute Gasteiger partial charge is 0.366 e. The van der Waals surface area contributed by atoms with Crippen LogP contribution in [0.2, 0.25) is 0 Å². The Morgan fingerprint density at radius 1 is 1.00 bits per heavy atom. The average molecular weight is 478 g/mol. The molecule has 1 aliphatic heterocycles. The van der Waals surface area contributed by atoms with E-state index in [9.17, 15) is 18.8 Å². The SMILES string of the molecule is CC(=O)N1CCN(c2cc3c(cc2F)c(=O)c(C(=O)/C=C/c2ccc(F)cc2)cn3C2CC2)CC1. The van der Waals surface area contributed by atoms with Crippen LogP contribution in [0.25, 0.3) is 17.0 Å². The Morgan fingerprint density at radius 2 is 1.69 bits per heavy atom. The molecular formula is C27H25F2N3O3. The van der Waals surface area contributed by atoms with Crippen molar-refractivity contribution in [1.82, 2.24) is 9.47 Å². The van der Waals surface area contributed by atoms with Gasteiger partial charge in [-0.3, -0.25) is 14.4 Å². The number of ketones is 1. The van der Waals surface area contributed by atoms with Gasteiger partial charge in [-0.2, -0.15) is 0 Å². The number of amides is 1. The third-order valence-corrected chi connectivity index (χ3v) is 6.67. The molecule has 0 spiro atoms. The fourth-order valence-electron chi connectivity index (χ4n) is 4.53. The maximum absolute atomic E-state index is 15.2.